The molecule has 152 valence electrons. The minimum Gasteiger partial charge on any atom is -0.360 e. The topological polar surface area (TPSA) is 93.3 Å². The molecule has 0 saturated carbocycles. The minimum atomic E-state index is -0.355. The van der Waals surface area contributed by atoms with Crippen molar-refractivity contribution in [3.05, 3.63) is 59.1 Å². The van der Waals surface area contributed by atoms with Crippen molar-refractivity contribution in [2.24, 2.45) is 0 Å². The lowest BCUT2D eigenvalue weighted by Crippen LogP contribution is -2.35. The third-order valence-electron chi connectivity index (χ3n) is 4.49. The zero-order chi connectivity index (χ0) is 21.1. The van der Waals surface area contributed by atoms with E-state index in [1.54, 1.807) is 30.9 Å². The van der Waals surface area contributed by atoms with Gasteiger partial charge in [-0.1, -0.05) is 36.7 Å². The molecule has 0 spiro atoms. The second-order valence-corrected chi connectivity index (χ2v) is 7.38. The average molecular weight is 395 g/mol. The van der Waals surface area contributed by atoms with E-state index in [1.165, 1.54) is 4.90 Å². The van der Waals surface area contributed by atoms with Gasteiger partial charge in [-0.15, -0.1) is 0 Å². The van der Waals surface area contributed by atoms with Gasteiger partial charge in [0, 0.05) is 13.1 Å². The molecule has 0 unspecified atom stereocenters. The number of nitrogens with zero attached hydrogens (tertiary/aromatic N) is 4. The number of amides is 2. The molecular formula is C21H25N5O3. The van der Waals surface area contributed by atoms with Crippen LogP contribution in [0, 0.1) is 13.8 Å². The maximum atomic E-state index is 13.0. The van der Waals surface area contributed by atoms with Crippen LogP contribution in [-0.2, 0) is 4.79 Å². The summed E-state index contributed by atoms with van der Waals surface area (Å²) in [6.45, 7) is 7.66. The molecule has 1 aromatic carbocycles. The molecular weight excluding hydrogens is 370 g/mol. The molecule has 0 aliphatic rings. The van der Waals surface area contributed by atoms with Gasteiger partial charge in [0.2, 0.25) is 5.91 Å². The molecule has 0 bridgehead atoms. The Balaban J connectivity index is 1.79. The number of carbonyl (C=O) groups excluding carboxylic acids is 2. The van der Waals surface area contributed by atoms with Crippen LogP contribution in [0.5, 0.6) is 0 Å². The Hall–Kier alpha value is -3.42. The molecule has 3 rings (SSSR count). The second-order valence-electron chi connectivity index (χ2n) is 7.38. The van der Waals surface area contributed by atoms with Crippen LogP contribution in [0.4, 0.5) is 5.82 Å². The van der Waals surface area contributed by atoms with Crippen molar-refractivity contribution < 1.29 is 14.1 Å². The zero-order valence-corrected chi connectivity index (χ0v) is 17.3. The summed E-state index contributed by atoms with van der Waals surface area (Å²) >= 11 is 0. The number of carbonyl (C=O) groups is 2. The Bertz CT molecular complexity index is 1020. The van der Waals surface area contributed by atoms with E-state index in [0.717, 1.165) is 16.9 Å². The molecule has 0 atom stereocenters. The number of rotatable bonds is 6. The second kappa shape index (κ2) is 8.30. The Morgan fingerprint density at radius 1 is 1.21 bits per heavy atom. The van der Waals surface area contributed by atoms with E-state index in [4.69, 9.17) is 4.52 Å². The van der Waals surface area contributed by atoms with E-state index in [9.17, 15) is 9.59 Å². The molecule has 8 nitrogen and oxygen atoms in total. The van der Waals surface area contributed by atoms with Crippen LogP contribution in [-0.4, -0.2) is 45.2 Å². The number of likely N-dealkylation sites (N-methyl/N-ethyl adjacent to an activating group) is 1. The van der Waals surface area contributed by atoms with Gasteiger partial charge in [0.15, 0.2) is 5.82 Å². The number of hydrogen-bond donors (Lipinski definition) is 1. The Morgan fingerprint density at radius 3 is 2.48 bits per heavy atom. The number of aryl methyl sites for hydroxylation is 2. The minimum absolute atomic E-state index is 0.0677. The number of nitrogens with one attached hydrogen (secondary N) is 1. The summed E-state index contributed by atoms with van der Waals surface area (Å²) in [5.74, 6) is 0.362. The van der Waals surface area contributed by atoms with Crippen LogP contribution in [0.1, 0.15) is 47.1 Å². The summed E-state index contributed by atoms with van der Waals surface area (Å²) in [6, 6.07) is 9.57. The van der Waals surface area contributed by atoms with Gasteiger partial charge in [0.1, 0.15) is 5.76 Å². The summed E-state index contributed by atoms with van der Waals surface area (Å²) in [5, 5.41) is 10.8. The highest BCUT2D eigenvalue weighted by molar-refractivity contribution is 5.99. The van der Waals surface area contributed by atoms with E-state index in [-0.39, 0.29) is 24.3 Å². The molecule has 8 heteroatoms. The number of hydrogen-bond acceptors (Lipinski definition) is 5. The first-order valence-corrected chi connectivity index (χ1v) is 9.40. The predicted octanol–water partition coefficient (Wildman–Crippen LogP) is 3.31. The fourth-order valence-electron chi connectivity index (χ4n) is 3.07. The molecule has 2 heterocycles. The van der Waals surface area contributed by atoms with Crippen LogP contribution in [0.3, 0.4) is 0 Å². The van der Waals surface area contributed by atoms with Gasteiger partial charge < -0.3 is 14.7 Å². The van der Waals surface area contributed by atoms with Gasteiger partial charge in [-0.25, -0.2) is 4.68 Å². The van der Waals surface area contributed by atoms with Crippen LogP contribution >= 0.6 is 0 Å². The third-order valence-corrected chi connectivity index (χ3v) is 4.49. The molecule has 3 aromatic rings. The first-order valence-electron chi connectivity index (χ1n) is 9.40. The fraction of sp³-hybridized carbons (Fsp3) is 0.333. The van der Waals surface area contributed by atoms with Crippen molar-refractivity contribution >= 4 is 17.6 Å². The average Bonchev–Trinajstić information content (AvgIpc) is 3.28. The summed E-state index contributed by atoms with van der Waals surface area (Å²) in [5.41, 5.74) is 3.32. The monoisotopic (exact) mass is 395 g/mol. The van der Waals surface area contributed by atoms with Crippen molar-refractivity contribution in [3.8, 4) is 5.69 Å². The fourth-order valence-corrected chi connectivity index (χ4v) is 3.07. The lowest BCUT2D eigenvalue weighted by molar-refractivity contribution is -0.116. The van der Waals surface area contributed by atoms with Gasteiger partial charge in [-0.3, -0.25) is 9.59 Å². The van der Waals surface area contributed by atoms with Gasteiger partial charge in [0.25, 0.3) is 5.91 Å². The molecule has 1 N–H and O–H groups in total. The standard InChI is InChI=1S/C21H25N5O3/c1-13(2)20-17(11-22-26(20)16-8-6-14(3)7-9-16)21(28)25(5)12-19(27)23-18-10-15(4)29-24-18/h6-11,13H,12H2,1-5H3,(H,23,24,27). The van der Waals surface area contributed by atoms with Gasteiger partial charge in [-0.2, -0.15) is 5.10 Å². The smallest absolute Gasteiger partial charge is 0.257 e. The van der Waals surface area contributed by atoms with E-state index >= 15 is 0 Å². The van der Waals surface area contributed by atoms with E-state index in [2.05, 4.69) is 15.6 Å². The van der Waals surface area contributed by atoms with Crippen LogP contribution < -0.4 is 5.32 Å². The molecule has 0 aliphatic heterocycles. The normalized spacial score (nSPS) is 11.0. The van der Waals surface area contributed by atoms with Crippen molar-refractivity contribution in [2.45, 2.75) is 33.6 Å². The molecule has 29 heavy (non-hydrogen) atoms. The van der Waals surface area contributed by atoms with Gasteiger partial charge >= 0.3 is 0 Å². The van der Waals surface area contributed by atoms with Crippen molar-refractivity contribution in [1.82, 2.24) is 19.8 Å². The first-order chi connectivity index (χ1) is 13.8. The zero-order valence-electron chi connectivity index (χ0n) is 17.3. The summed E-state index contributed by atoms with van der Waals surface area (Å²) in [4.78, 5) is 26.6. The lowest BCUT2D eigenvalue weighted by Gasteiger charge is -2.18. The molecule has 2 aromatic heterocycles. The van der Waals surface area contributed by atoms with Gasteiger partial charge in [0.05, 0.1) is 29.7 Å². The summed E-state index contributed by atoms with van der Waals surface area (Å²) < 4.78 is 6.71. The number of aromatic nitrogens is 3. The Kier molecular flexibility index (Phi) is 5.81. The molecule has 0 aliphatic carbocycles. The molecule has 0 fully saturated rings. The van der Waals surface area contributed by atoms with Crippen molar-refractivity contribution in [1.29, 1.82) is 0 Å². The van der Waals surface area contributed by atoms with Crippen molar-refractivity contribution in [3.63, 3.8) is 0 Å². The molecule has 0 radical (unpaired) electrons. The largest absolute Gasteiger partial charge is 0.360 e. The predicted molar refractivity (Wildman–Crippen MR) is 109 cm³/mol. The summed E-state index contributed by atoms with van der Waals surface area (Å²) in [7, 11) is 1.59. The Labute approximate surface area is 169 Å². The SMILES string of the molecule is Cc1ccc(-n2ncc(C(=O)N(C)CC(=O)Nc3cc(C)on3)c2C(C)C)cc1. The van der Waals surface area contributed by atoms with E-state index in [1.807, 2.05) is 45.0 Å². The number of anilines is 1. The maximum absolute atomic E-state index is 13.0. The van der Waals surface area contributed by atoms with E-state index in [0.29, 0.717) is 17.1 Å². The first kappa shape index (κ1) is 20.3. The third kappa shape index (κ3) is 4.53. The molecule has 0 saturated heterocycles. The highest BCUT2D eigenvalue weighted by Gasteiger charge is 2.24. The summed E-state index contributed by atoms with van der Waals surface area (Å²) in [6.07, 6.45) is 1.56. The lowest BCUT2D eigenvalue weighted by atomic mass is 10.0. The Morgan fingerprint density at radius 2 is 1.90 bits per heavy atom. The highest BCUT2D eigenvalue weighted by Crippen LogP contribution is 2.24. The highest BCUT2D eigenvalue weighted by atomic mass is 16.5. The molecule has 2 amide bonds. The quantitative estimate of drug-likeness (QED) is 0.691. The van der Waals surface area contributed by atoms with Crippen LogP contribution in [0.2, 0.25) is 0 Å². The van der Waals surface area contributed by atoms with E-state index < -0.39 is 0 Å². The van der Waals surface area contributed by atoms with Crippen molar-refractivity contribution in [2.75, 3.05) is 18.9 Å². The van der Waals surface area contributed by atoms with Crippen LogP contribution in [0.15, 0.2) is 41.1 Å². The van der Waals surface area contributed by atoms with Crippen LogP contribution in [0.25, 0.3) is 5.69 Å². The maximum Gasteiger partial charge on any atom is 0.257 e. The van der Waals surface area contributed by atoms with Gasteiger partial charge in [-0.05, 0) is 31.9 Å². The number of benzene rings is 1.